The molecule has 0 radical (unpaired) electrons. The van der Waals surface area contributed by atoms with Crippen molar-refractivity contribution in [1.82, 2.24) is 5.32 Å². The minimum atomic E-state index is -0.171. The Balaban J connectivity index is 2.75. The molecular weight excluding hydrogens is 80.0 g/mol. The quantitative estimate of drug-likeness (QED) is 0.392. The fraction of sp³-hybridized carbons (Fsp3) is 0. The van der Waals surface area contributed by atoms with Gasteiger partial charge in [-0.2, -0.15) is 0 Å². The summed E-state index contributed by atoms with van der Waals surface area (Å²) in [6, 6.07) is 0. The Bertz CT molecular complexity index is 116. The molecule has 0 aromatic heterocycles. The molecule has 32 valence electrons. The van der Waals surface area contributed by atoms with E-state index in [9.17, 15) is 4.79 Å². The van der Waals surface area contributed by atoms with E-state index in [4.69, 9.17) is 5.73 Å². The molecule has 6 heavy (non-hydrogen) atoms. The molecule has 0 atom stereocenters. The highest BCUT2D eigenvalue weighted by Crippen LogP contribution is 1.89. The van der Waals surface area contributed by atoms with Gasteiger partial charge in [0.05, 0.1) is 0 Å². The third-order valence-electron chi connectivity index (χ3n) is 0.621. The average molecular weight is 84.1 g/mol. The molecule has 3 heteroatoms. The van der Waals surface area contributed by atoms with Crippen LogP contribution in [0.3, 0.4) is 0 Å². The van der Waals surface area contributed by atoms with Crippen molar-refractivity contribution in [3.63, 3.8) is 0 Å². The van der Waals surface area contributed by atoms with Crippen molar-refractivity contribution in [1.29, 1.82) is 0 Å². The van der Waals surface area contributed by atoms with Crippen molar-refractivity contribution in [2.75, 3.05) is 0 Å². The highest BCUT2D eigenvalue weighted by Gasteiger charge is 2.09. The normalized spacial score (nSPS) is 18.0. The van der Waals surface area contributed by atoms with E-state index in [2.05, 4.69) is 5.32 Å². The maximum atomic E-state index is 9.93. The zero-order valence-corrected chi connectivity index (χ0v) is 3.06. The Morgan fingerprint density at radius 1 is 1.83 bits per heavy atom. The van der Waals surface area contributed by atoms with Crippen molar-refractivity contribution in [3.8, 4) is 0 Å². The third kappa shape index (κ3) is 0.190. The number of hydrogen-bond donors (Lipinski definition) is 2. The number of rotatable bonds is 0. The zero-order chi connectivity index (χ0) is 4.57. The Labute approximate surface area is 34.8 Å². The van der Waals surface area contributed by atoms with E-state index in [0.717, 1.165) is 0 Å². The molecule has 0 bridgehead atoms. The van der Waals surface area contributed by atoms with Crippen LogP contribution in [0.25, 0.3) is 0 Å². The number of carbonyl (C=O) groups is 1. The standard InChI is InChI=1S/C3H4N2O/c4-2-1-5-3(2)6/h1H,4H2,(H,5,6). The molecule has 1 heterocycles. The molecule has 0 saturated carbocycles. The van der Waals surface area contributed by atoms with Crippen LogP contribution in [0.5, 0.6) is 0 Å². The summed E-state index contributed by atoms with van der Waals surface area (Å²) in [6.07, 6.45) is 1.46. The first-order valence-corrected chi connectivity index (χ1v) is 1.57. The summed E-state index contributed by atoms with van der Waals surface area (Å²) < 4.78 is 0. The molecule has 0 saturated heterocycles. The van der Waals surface area contributed by atoms with Gasteiger partial charge in [-0.3, -0.25) is 4.79 Å². The second kappa shape index (κ2) is 0.739. The molecule has 1 aliphatic heterocycles. The van der Waals surface area contributed by atoms with E-state index < -0.39 is 0 Å². The van der Waals surface area contributed by atoms with Gasteiger partial charge < -0.3 is 11.1 Å². The first kappa shape index (κ1) is 3.21. The van der Waals surface area contributed by atoms with Gasteiger partial charge in [-0.1, -0.05) is 0 Å². The fourth-order valence-electron chi connectivity index (χ4n) is 0.214. The Morgan fingerprint density at radius 3 is 2.33 bits per heavy atom. The van der Waals surface area contributed by atoms with E-state index in [1.54, 1.807) is 0 Å². The van der Waals surface area contributed by atoms with Crippen LogP contribution in [0.1, 0.15) is 0 Å². The van der Waals surface area contributed by atoms with Gasteiger partial charge >= 0.3 is 0 Å². The van der Waals surface area contributed by atoms with E-state index in [0.29, 0.717) is 5.70 Å². The summed E-state index contributed by atoms with van der Waals surface area (Å²) in [7, 11) is 0. The van der Waals surface area contributed by atoms with E-state index in [1.807, 2.05) is 0 Å². The van der Waals surface area contributed by atoms with Crippen LogP contribution in [0.2, 0.25) is 0 Å². The van der Waals surface area contributed by atoms with Crippen molar-refractivity contribution in [2.45, 2.75) is 0 Å². The molecule has 1 rings (SSSR count). The minimum absolute atomic E-state index is 0.171. The van der Waals surface area contributed by atoms with Gasteiger partial charge in [0.15, 0.2) is 0 Å². The molecule has 0 aliphatic carbocycles. The molecule has 0 unspecified atom stereocenters. The fourth-order valence-corrected chi connectivity index (χ4v) is 0.214. The average Bonchev–Trinajstić information content (AvgIpc) is 1.61. The van der Waals surface area contributed by atoms with E-state index in [1.165, 1.54) is 6.20 Å². The Hall–Kier alpha value is -0.990. The highest BCUT2D eigenvalue weighted by atomic mass is 16.2. The predicted octanol–water partition coefficient (Wildman–Crippen LogP) is -1.08. The van der Waals surface area contributed by atoms with Crippen LogP contribution in [0, 0.1) is 0 Å². The molecule has 3 nitrogen and oxygen atoms in total. The second-order valence-corrected chi connectivity index (χ2v) is 1.07. The first-order valence-electron chi connectivity index (χ1n) is 1.57. The Morgan fingerprint density at radius 2 is 2.33 bits per heavy atom. The van der Waals surface area contributed by atoms with Crippen molar-refractivity contribution >= 4 is 5.91 Å². The van der Waals surface area contributed by atoms with Crippen LogP contribution in [0.15, 0.2) is 11.9 Å². The van der Waals surface area contributed by atoms with Crippen molar-refractivity contribution in [2.24, 2.45) is 5.73 Å². The summed E-state index contributed by atoms with van der Waals surface area (Å²) >= 11 is 0. The smallest absolute Gasteiger partial charge is 0.272 e. The predicted molar refractivity (Wildman–Crippen MR) is 20.4 cm³/mol. The molecule has 0 fully saturated rings. The lowest BCUT2D eigenvalue weighted by Gasteiger charge is -2.07. The van der Waals surface area contributed by atoms with Gasteiger partial charge in [0, 0.05) is 6.20 Å². The highest BCUT2D eigenvalue weighted by molar-refractivity contribution is 5.98. The van der Waals surface area contributed by atoms with Crippen LogP contribution < -0.4 is 11.1 Å². The maximum absolute atomic E-state index is 9.93. The number of carbonyl (C=O) groups excluding carboxylic acids is 1. The third-order valence-corrected chi connectivity index (χ3v) is 0.621. The number of hydrogen-bond acceptors (Lipinski definition) is 2. The molecule has 0 aromatic rings. The summed E-state index contributed by atoms with van der Waals surface area (Å²) in [4.78, 5) is 9.93. The number of nitrogens with one attached hydrogen (secondary N) is 1. The van der Waals surface area contributed by atoms with Crippen molar-refractivity contribution < 1.29 is 4.79 Å². The summed E-state index contributed by atoms with van der Waals surface area (Å²) in [5, 5.41) is 2.33. The first-order chi connectivity index (χ1) is 2.80. The van der Waals surface area contributed by atoms with Gasteiger partial charge in [-0.05, 0) is 0 Å². The minimum Gasteiger partial charge on any atom is -0.393 e. The van der Waals surface area contributed by atoms with Gasteiger partial charge in [0.25, 0.3) is 5.91 Å². The lowest BCUT2D eigenvalue weighted by atomic mass is 10.3. The Kier molecular flexibility index (Phi) is 0.395. The molecule has 1 aliphatic rings. The molecule has 1 amide bonds. The topological polar surface area (TPSA) is 55.1 Å². The summed E-state index contributed by atoms with van der Waals surface area (Å²) in [6.45, 7) is 0. The van der Waals surface area contributed by atoms with Crippen LogP contribution >= 0.6 is 0 Å². The number of nitrogens with two attached hydrogens (primary N) is 1. The van der Waals surface area contributed by atoms with Crippen LogP contribution in [0.4, 0.5) is 0 Å². The van der Waals surface area contributed by atoms with E-state index >= 15 is 0 Å². The number of amides is 1. The molecule has 0 aromatic carbocycles. The van der Waals surface area contributed by atoms with Crippen LogP contribution in [-0.2, 0) is 4.79 Å². The lowest BCUT2D eigenvalue weighted by molar-refractivity contribution is -0.118. The SMILES string of the molecule is NC1=CNC1=O. The molecular formula is C3H4N2O. The van der Waals surface area contributed by atoms with Crippen LogP contribution in [-0.4, -0.2) is 5.91 Å². The zero-order valence-electron chi connectivity index (χ0n) is 3.06. The van der Waals surface area contributed by atoms with E-state index in [-0.39, 0.29) is 5.91 Å². The van der Waals surface area contributed by atoms with Gasteiger partial charge in [0.1, 0.15) is 5.70 Å². The lowest BCUT2D eigenvalue weighted by Crippen LogP contribution is -2.34. The van der Waals surface area contributed by atoms with Gasteiger partial charge in [-0.15, -0.1) is 0 Å². The second-order valence-electron chi connectivity index (χ2n) is 1.07. The summed E-state index contributed by atoms with van der Waals surface area (Å²) in [5.74, 6) is -0.171. The molecule has 0 spiro atoms. The maximum Gasteiger partial charge on any atom is 0.272 e. The monoisotopic (exact) mass is 84.0 g/mol. The van der Waals surface area contributed by atoms with Gasteiger partial charge in [-0.25, -0.2) is 0 Å². The van der Waals surface area contributed by atoms with Gasteiger partial charge in [0.2, 0.25) is 0 Å². The molecule has 3 N–H and O–H groups in total. The van der Waals surface area contributed by atoms with Crippen molar-refractivity contribution in [3.05, 3.63) is 11.9 Å². The summed E-state index contributed by atoms with van der Waals surface area (Å²) in [5.41, 5.74) is 5.29. The largest absolute Gasteiger partial charge is 0.393 e.